The molecule has 1 aromatic carbocycles. The number of rotatable bonds is 5. The van der Waals surface area contributed by atoms with Crippen LogP contribution in [0.2, 0.25) is 5.02 Å². The van der Waals surface area contributed by atoms with Gasteiger partial charge >= 0.3 is 0 Å². The van der Waals surface area contributed by atoms with Crippen molar-refractivity contribution in [3.8, 4) is 5.75 Å². The number of methoxy groups -OCH3 is 1. The molecule has 0 saturated carbocycles. The van der Waals surface area contributed by atoms with Crippen LogP contribution in [0.1, 0.15) is 31.0 Å². The Morgan fingerprint density at radius 3 is 2.68 bits per heavy atom. The number of aromatic amines is 1. The molecule has 0 spiro atoms. The standard InChI is InChI=1S/C15H21ClN2O/c1-9(2)14-10(7-8-17-3)13-11(16)5-6-12(19-4)15(13)18-14/h5-6,9,17-18H,7-8H2,1-4H3. The SMILES string of the molecule is CNCCc1c(C(C)C)[nH]c2c(OC)ccc(Cl)c12. The number of nitrogens with one attached hydrogen (secondary N) is 2. The molecule has 0 unspecified atom stereocenters. The normalized spacial score (nSPS) is 11.5. The quantitative estimate of drug-likeness (QED) is 0.876. The maximum absolute atomic E-state index is 6.39. The number of hydrogen-bond acceptors (Lipinski definition) is 2. The van der Waals surface area contributed by atoms with Gasteiger partial charge in [-0.25, -0.2) is 0 Å². The molecule has 2 N–H and O–H groups in total. The second-order valence-corrected chi connectivity index (χ2v) is 5.43. The lowest BCUT2D eigenvalue weighted by Crippen LogP contribution is -2.11. The lowest BCUT2D eigenvalue weighted by Gasteiger charge is -2.08. The molecule has 4 heteroatoms. The Kier molecular flexibility index (Phi) is 4.38. The van der Waals surface area contributed by atoms with Crippen LogP contribution in [-0.4, -0.2) is 25.7 Å². The van der Waals surface area contributed by atoms with Gasteiger partial charge in [-0.2, -0.15) is 0 Å². The highest BCUT2D eigenvalue weighted by Crippen LogP contribution is 2.37. The molecule has 0 fully saturated rings. The Balaban J connectivity index is 2.69. The molecule has 0 aliphatic carbocycles. The molecule has 2 aromatic rings. The largest absolute Gasteiger partial charge is 0.495 e. The molecule has 0 saturated heterocycles. The van der Waals surface area contributed by atoms with Gasteiger partial charge < -0.3 is 15.0 Å². The fraction of sp³-hybridized carbons (Fsp3) is 0.467. The van der Waals surface area contributed by atoms with Crippen molar-refractivity contribution in [1.29, 1.82) is 0 Å². The van der Waals surface area contributed by atoms with E-state index in [4.69, 9.17) is 16.3 Å². The molecule has 104 valence electrons. The first kappa shape index (κ1) is 14.2. The van der Waals surface area contributed by atoms with E-state index in [1.54, 1.807) is 7.11 Å². The second-order valence-electron chi connectivity index (χ2n) is 5.03. The van der Waals surface area contributed by atoms with E-state index in [1.165, 1.54) is 11.3 Å². The molecule has 1 heterocycles. The topological polar surface area (TPSA) is 37.0 Å². The number of hydrogen-bond donors (Lipinski definition) is 2. The van der Waals surface area contributed by atoms with E-state index in [0.29, 0.717) is 5.92 Å². The van der Waals surface area contributed by atoms with Crippen molar-refractivity contribution in [3.05, 3.63) is 28.4 Å². The van der Waals surface area contributed by atoms with Gasteiger partial charge in [0.1, 0.15) is 5.75 Å². The third-order valence-electron chi connectivity index (χ3n) is 3.43. The fourth-order valence-electron chi connectivity index (χ4n) is 2.49. The fourth-order valence-corrected chi connectivity index (χ4v) is 2.77. The Bertz CT molecular complexity index is 575. The summed E-state index contributed by atoms with van der Waals surface area (Å²) in [7, 11) is 3.65. The van der Waals surface area contributed by atoms with Crippen LogP contribution in [0, 0.1) is 0 Å². The van der Waals surface area contributed by atoms with E-state index < -0.39 is 0 Å². The summed E-state index contributed by atoms with van der Waals surface area (Å²) in [5, 5.41) is 5.08. The van der Waals surface area contributed by atoms with Gasteiger partial charge in [-0.15, -0.1) is 0 Å². The minimum atomic E-state index is 0.431. The van der Waals surface area contributed by atoms with Crippen molar-refractivity contribution in [3.63, 3.8) is 0 Å². The summed E-state index contributed by atoms with van der Waals surface area (Å²) in [6.07, 6.45) is 0.955. The monoisotopic (exact) mass is 280 g/mol. The first-order valence-corrected chi connectivity index (χ1v) is 6.99. The zero-order valence-corrected chi connectivity index (χ0v) is 12.7. The summed E-state index contributed by atoms with van der Waals surface area (Å²) >= 11 is 6.39. The smallest absolute Gasteiger partial charge is 0.143 e. The molecular formula is C15H21ClN2O. The van der Waals surface area contributed by atoms with Crippen LogP contribution in [0.5, 0.6) is 5.75 Å². The van der Waals surface area contributed by atoms with Gasteiger partial charge in [0.2, 0.25) is 0 Å². The van der Waals surface area contributed by atoms with Gasteiger partial charge in [0.05, 0.1) is 17.6 Å². The average molecular weight is 281 g/mol. The predicted octanol–water partition coefficient (Wildman–Crippen LogP) is 3.72. The molecular weight excluding hydrogens is 260 g/mol. The van der Waals surface area contributed by atoms with Crippen molar-refractivity contribution in [1.82, 2.24) is 10.3 Å². The Labute approximate surface area is 119 Å². The van der Waals surface area contributed by atoms with Gasteiger partial charge in [0.15, 0.2) is 0 Å². The van der Waals surface area contributed by atoms with Crippen LogP contribution >= 0.6 is 11.6 Å². The van der Waals surface area contributed by atoms with Crippen molar-refractivity contribution in [2.75, 3.05) is 20.7 Å². The van der Waals surface area contributed by atoms with Crippen LogP contribution in [0.25, 0.3) is 10.9 Å². The lowest BCUT2D eigenvalue weighted by atomic mass is 10.0. The number of benzene rings is 1. The number of likely N-dealkylation sites (N-methyl/N-ethyl adjacent to an activating group) is 1. The third kappa shape index (κ3) is 2.58. The zero-order valence-electron chi connectivity index (χ0n) is 11.9. The average Bonchev–Trinajstić information content (AvgIpc) is 2.77. The second kappa shape index (κ2) is 5.85. The van der Waals surface area contributed by atoms with Crippen molar-refractivity contribution >= 4 is 22.5 Å². The van der Waals surface area contributed by atoms with Crippen molar-refractivity contribution in [2.45, 2.75) is 26.2 Å². The van der Waals surface area contributed by atoms with E-state index in [-0.39, 0.29) is 0 Å². The molecule has 0 aliphatic rings. The summed E-state index contributed by atoms with van der Waals surface area (Å²) in [4.78, 5) is 3.50. The van der Waals surface area contributed by atoms with E-state index in [2.05, 4.69) is 24.1 Å². The Hall–Kier alpha value is -1.19. The molecule has 19 heavy (non-hydrogen) atoms. The lowest BCUT2D eigenvalue weighted by molar-refractivity contribution is 0.419. The molecule has 0 bridgehead atoms. The van der Waals surface area contributed by atoms with Crippen LogP contribution in [0.15, 0.2) is 12.1 Å². The number of H-pyrrole nitrogens is 1. The molecule has 0 aliphatic heterocycles. The molecule has 0 radical (unpaired) electrons. The summed E-state index contributed by atoms with van der Waals surface area (Å²) in [5.74, 6) is 1.28. The maximum Gasteiger partial charge on any atom is 0.143 e. The third-order valence-corrected chi connectivity index (χ3v) is 3.74. The van der Waals surface area contributed by atoms with Crippen LogP contribution in [0.4, 0.5) is 0 Å². The van der Waals surface area contributed by atoms with E-state index >= 15 is 0 Å². The maximum atomic E-state index is 6.39. The summed E-state index contributed by atoms with van der Waals surface area (Å²) in [6.45, 7) is 5.31. The molecule has 0 amide bonds. The first-order chi connectivity index (χ1) is 9.10. The summed E-state index contributed by atoms with van der Waals surface area (Å²) < 4.78 is 5.43. The van der Waals surface area contributed by atoms with Gasteiger partial charge in [0, 0.05) is 11.1 Å². The molecule has 3 nitrogen and oxygen atoms in total. The number of fused-ring (bicyclic) bond motifs is 1. The highest BCUT2D eigenvalue weighted by atomic mass is 35.5. The van der Waals surface area contributed by atoms with Crippen LogP contribution < -0.4 is 10.1 Å². The molecule has 0 atom stereocenters. The van der Waals surface area contributed by atoms with Crippen LogP contribution in [0.3, 0.4) is 0 Å². The van der Waals surface area contributed by atoms with Crippen molar-refractivity contribution in [2.24, 2.45) is 0 Å². The van der Waals surface area contributed by atoms with E-state index in [1.807, 2.05) is 19.2 Å². The van der Waals surface area contributed by atoms with Gasteiger partial charge in [-0.3, -0.25) is 0 Å². The zero-order chi connectivity index (χ0) is 14.0. The number of halogens is 1. The van der Waals surface area contributed by atoms with Gasteiger partial charge in [-0.05, 0) is 43.6 Å². The first-order valence-electron chi connectivity index (χ1n) is 6.61. The van der Waals surface area contributed by atoms with Crippen LogP contribution in [-0.2, 0) is 6.42 Å². The predicted molar refractivity (Wildman–Crippen MR) is 81.6 cm³/mol. The van der Waals surface area contributed by atoms with Gasteiger partial charge in [0.25, 0.3) is 0 Å². The number of aromatic nitrogens is 1. The van der Waals surface area contributed by atoms with Gasteiger partial charge in [-0.1, -0.05) is 25.4 Å². The van der Waals surface area contributed by atoms with E-state index in [9.17, 15) is 0 Å². The Morgan fingerprint density at radius 1 is 1.37 bits per heavy atom. The minimum Gasteiger partial charge on any atom is -0.495 e. The number of ether oxygens (including phenoxy) is 1. The molecule has 1 aromatic heterocycles. The summed E-state index contributed by atoms with van der Waals surface area (Å²) in [6, 6.07) is 3.82. The minimum absolute atomic E-state index is 0.431. The molecule has 2 rings (SSSR count). The van der Waals surface area contributed by atoms with E-state index in [0.717, 1.165) is 34.6 Å². The highest BCUT2D eigenvalue weighted by Gasteiger charge is 2.18. The van der Waals surface area contributed by atoms with Crippen molar-refractivity contribution < 1.29 is 4.74 Å². The Morgan fingerprint density at radius 2 is 2.11 bits per heavy atom. The highest BCUT2D eigenvalue weighted by molar-refractivity contribution is 6.36. The summed E-state index contributed by atoms with van der Waals surface area (Å²) in [5.41, 5.74) is 3.55.